The lowest BCUT2D eigenvalue weighted by atomic mass is 10.1. The van der Waals surface area contributed by atoms with Crippen LogP contribution in [0.1, 0.15) is 18.0 Å². The lowest BCUT2D eigenvalue weighted by molar-refractivity contribution is 0.0808. The van der Waals surface area contributed by atoms with Crippen LogP contribution in [0.3, 0.4) is 0 Å². The summed E-state index contributed by atoms with van der Waals surface area (Å²) in [6.07, 6.45) is 1.11. The average Bonchev–Trinajstić information content (AvgIpc) is 2.83. The van der Waals surface area contributed by atoms with Crippen molar-refractivity contribution in [3.05, 3.63) is 35.9 Å². The van der Waals surface area contributed by atoms with Gasteiger partial charge in [-0.1, -0.05) is 30.3 Å². The second kappa shape index (κ2) is 5.99. The summed E-state index contributed by atoms with van der Waals surface area (Å²) in [6, 6.07) is 10.0. The molecule has 2 unspecified atom stereocenters. The topological polar surface area (TPSA) is 44.5 Å². The standard InChI is InChI=1S/C13H19NO2/c14-13(12-4-2-1-3-5-12)10-16-9-11-6-7-15-8-11/h1-5,11,13H,6-10,14H2. The number of nitrogens with two attached hydrogens (primary N) is 1. The molecule has 3 nitrogen and oxygen atoms in total. The minimum atomic E-state index is -0.0245. The highest BCUT2D eigenvalue weighted by atomic mass is 16.5. The van der Waals surface area contributed by atoms with Crippen LogP contribution in [-0.2, 0) is 9.47 Å². The van der Waals surface area contributed by atoms with Gasteiger partial charge in [0.2, 0.25) is 0 Å². The van der Waals surface area contributed by atoms with E-state index in [2.05, 4.69) is 0 Å². The highest BCUT2D eigenvalue weighted by Crippen LogP contribution is 2.14. The average molecular weight is 221 g/mol. The Balaban J connectivity index is 1.69. The SMILES string of the molecule is NC(COCC1CCOC1)c1ccccc1. The number of benzene rings is 1. The first-order valence-corrected chi connectivity index (χ1v) is 5.82. The van der Waals surface area contributed by atoms with Crippen molar-refractivity contribution in [2.24, 2.45) is 11.7 Å². The Morgan fingerprint density at radius 2 is 2.19 bits per heavy atom. The van der Waals surface area contributed by atoms with E-state index in [0.717, 1.165) is 31.8 Å². The normalized spacial score (nSPS) is 22.2. The van der Waals surface area contributed by atoms with E-state index in [1.54, 1.807) is 0 Å². The van der Waals surface area contributed by atoms with Gasteiger partial charge >= 0.3 is 0 Å². The van der Waals surface area contributed by atoms with Gasteiger partial charge in [0, 0.05) is 12.5 Å². The molecule has 0 bridgehead atoms. The molecule has 1 saturated heterocycles. The van der Waals surface area contributed by atoms with E-state index >= 15 is 0 Å². The predicted molar refractivity (Wildman–Crippen MR) is 63.1 cm³/mol. The molecule has 1 aliphatic rings. The fraction of sp³-hybridized carbons (Fsp3) is 0.538. The maximum absolute atomic E-state index is 6.02. The van der Waals surface area contributed by atoms with E-state index in [1.807, 2.05) is 30.3 Å². The van der Waals surface area contributed by atoms with Crippen LogP contribution in [0.4, 0.5) is 0 Å². The maximum Gasteiger partial charge on any atom is 0.0659 e. The van der Waals surface area contributed by atoms with Crippen molar-refractivity contribution < 1.29 is 9.47 Å². The summed E-state index contributed by atoms with van der Waals surface area (Å²) in [4.78, 5) is 0. The summed E-state index contributed by atoms with van der Waals surface area (Å²) < 4.78 is 10.9. The van der Waals surface area contributed by atoms with Crippen molar-refractivity contribution in [1.29, 1.82) is 0 Å². The lowest BCUT2D eigenvalue weighted by Crippen LogP contribution is -2.19. The first-order chi connectivity index (χ1) is 7.86. The molecule has 2 atom stereocenters. The van der Waals surface area contributed by atoms with Crippen molar-refractivity contribution in [2.75, 3.05) is 26.4 Å². The molecule has 1 heterocycles. The molecule has 0 spiro atoms. The Kier molecular flexibility index (Phi) is 4.34. The van der Waals surface area contributed by atoms with Crippen LogP contribution in [0.25, 0.3) is 0 Å². The first-order valence-electron chi connectivity index (χ1n) is 5.82. The molecule has 88 valence electrons. The van der Waals surface area contributed by atoms with E-state index in [0.29, 0.717) is 12.5 Å². The third-order valence-electron chi connectivity index (χ3n) is 2.90. The van der Waals surface area contributed by atoms with Crippen molar-refractivity contribution in [3.8, 4) is 0 Å². The summed E-state index contributed by atoms with van der Waals surface area (Å²) >= 11 is 0. The lowest BCUT2D eigenvalue weighted by Gasteiger charge is -2.14. The minimum absolute atomic E-state index is 0.0245. The molecule has 16 heavy (non-hydrogen) atoms. The number of hydrogen-bond donors (Lipinski definition) is 1. The number of ether oxygens (including phenoxy) is 2. The van der Waals surface area contributed by atoms with Gasteiger partial charge in [-0.15, -0.1) is 0 Å². The Morgan fingerprint density at radius 3 is 2.88 bits per heavy atom. The zero-order chi connectivity index (χ0) is 11.2. The zero-order valence-electron chi connectivity index (χ0n) is 9.47. The second-order valence-corrected chi connectivity index (χ2v) is 4.28. The highest BCUT2D eigenvalue weighted by Gasteiger charge is 2.16. The molecular weight excluding hydrogens is 202 g/mol. The van der Waals surface area contributed by atoms with Crippen molar-refractivity contribution in [1.82, 2.24) is 0 Å². The van der Waals surface area contributed by atoms with E-state index in [9.17, 15) is 0 Å². The summed E-state index contributed by atoms with van der Waals surface area (Å²) in [6.45, 7) is 3.06. The number of hydrogen-bond acceptors (Lipinski definition) is 3. The van der Waals surface area contributed by atoms with Gasteiger partial charge in [0.1, 0.15) is 0 Å². The quantitative estimate of drug-likeness (QED) is 0.823. The molecule has 0 saturated carbocycles. The van der Waals surface area contributed by atoms with Gasteiger partial charge in [-0.25, -0.2) is 0 Å². The van der Waals surface area contributed by atoms with Crippen LogP contribution < -0.4 is 5.73 Å². The fourth-order valence-electron chi connectivity index (χ4n) is 1.87. The van der Waals surface area contributed by atoms with Crippen molar-refractivity contribution in [2.45, 2.75) is 12.5 Å². The summed E-state index contributed by atoms with van der Waals surface area (Å²) in [5, 5.41) is 0. The maximum atomic E-state index is 6.02. The minimum Gasteiger partial charge on any atom is -0.381 e. The Hall–Kier alpha value is -0.900. The van der Waals surface area contributed by atoms with Gasteiger partial charge in [0.05, 0.1) is 25.9 Å². The molecule has 0 radical (unpaired) electrons. The number of rotatable bonds is 5. The van der Waals surface area contributed by atoms with E-state index in [1.165, 1.54) is 0 Å². The fourth-order valence-corrected chi connectivity index (χ4v) is 1.87. The monoisotopic (exact) mass is 221 g/mol. The van der Waals surface area contributed by atoms with Gasteiger partial charge in [-0.05, 0) is 12.0 Å². The smallest absolute Gasteiger partial charge is 0.0659 e. The molecule has 0 amide bonds. The molecule has 0 aliphatic carbocycles. The summed E-state index contributed by atoms with van der Waals surface area (Å²) in [7, 11) is 0. The molecule has 1 aromatic carbocycles. The summed E-state index contributed by atoms with van der Waals surface area (Å²) in [5.41, 5.74) is 7.15. The van der Waals surface area contributed by atoms with Crippen LogP contribution in [0.15, 0.2) is 30.3 Å². The Bertz CT molecular complexity index is 296. The second-order valence-electron chi connectivity index (χ2n) is 4.28. The first kappa shape index (κ1) is 11.6. The van der Waals surface area contributed by atoms with E-state index in [-0.39, 0.29) is 6.04 Å². The summed E-state index contributed by atoms with van der Waals surface area (Å²) in [5.74, 6) is 0.558. The van der Waals surface area contributed by atoms with Crippen LogP contribution in [0.2, 0.25) is 0 Å². The van der Waals surface area contributed by atoms with Crippen molar-refractivity contribution in [3.63, 3.8) is 0 Å². The van der Waals surface area contributed by atoms with Gasteiger partial charge in [0.25, 0.3) is 0 Å². The van der Waals surface area contributed by atoms with Gasteiger partial charge in [0.15, 0.2) is 0 Å². The zero-order valence-corrected chi connectivity index (χ0v) is 9.47. The van der Waals surface area contributed by atoms with E-state index in [4.69, 9.17) is 15.2 Å². The largest absolute Gasteiger partial charge is 0.381 e. The van der Waals surface area contributed by atoms with Gasteiger partial charge in [-0.3, -0.25) is 0 Å². The van der Waals surface area contributed by atoms with Crippen LogP contribution in [0.5, 0.6) is 0 Å². The Morgan fingerprint density at radius 1 is 1.38 bits per heavy atom. The van der Waals surface area contributed by atoms with Crippen LogP contribution in [-0.4, -0.2) is 26.4 Å². The molecule has 0 aromatic heterocycles. The highest BCUT2D eigenvalue weighted by molar-refractivity contribution is 5.18. The molecule has 2 N–H and O–H groups in total. The molecular formula is C13H19NO2. The van der Waals surface area contributed by atoms with E-state index < -0.39 is 0 Å². The van der Waals surface area contributed by atoms with Gasteiger partial charge < -0.3 is 15.2 Å². The predicted octanol–water partition coefficient (Wildman–Crippen LogP) is 1.74. The van der Waals surface area contributed by atoms with Crippen LogP contribution >= 0.6 is 0 Å². The molecule has 1 aromatic rings. The van der Waals surface area contributed by atoms with Crippen LogP contribution in [0, 0.1) is 5.92 Å². The molecule has 1 aliphatic heterocycles. The molecule has 1 fully saturated rings. The Labute approximate surface area is 96.5 Å². The van der Waals surface area contributed by atoms with Crippen molar-refractivity contribution >= 4 is 0 Å². The third-order valence-corrected chi connectivity index (χ3v) is 2.90. The molecule has 3 heteroatoms. The molecule has 2 rings (SSSR count). The van der Waals surface area contributed by atoms with Gasteiger partial charge in [-0.2, -0.15) is 0 Å². The third kappa shape index (κ3) is 3.30.